The first-order chi connectivity index (χ1) is 17.5. The van der Waals surface area contributed by atoms with Crippen molar-refractivity contribution in [2.24, 2.45) is 0 Å². The van der Waals surface area contributed by atoms with Crippen molar-refractivity contribution < 1.29 is 14.3 Å². The summed E-state index contributed by atoms with van der Waals surface area (Å²) in [5, 5.41) is 8.09. The number of nitrogens with zero attached hydrogens (tertiary/aromatic N) is 3. The Bertz CT molecular complexity index is 1020. The third-order valence-corrected chi connectivity index (χ3v) is 7.59. The monoisotopic (exact) mass is 494 g/mol. The summed E-state index contributed by atoms with van der Waals surface area (Å²) in [6.07, 6.45) is 11.0. The Morgan fingerprint density at radius 2 is 1.78 bits per heavy atom. The van der Waals surface area contributed by atoms with Gasteiger partial charge in [-0.05, 0) is 62.9 Å². The largest absolute Gasteiger partial charge is 0.494 e. The minimum absolute atomic E-state index is 0.0637. The number of fused-ring (bicyclic) bond motifs is 1. The molecule has 2 heterocycles. The maximum absolute atomic E-state index is 13.7. The molecule has 2 aromatic rings. The average Bonchev–Trinajstić information content (AvgIpc) is 3.28. The van der Waals surface area contributed by atoms with Crippen molar-refractivity contribution in [1.29, 1.82) is 0 Å². The molecule has 1 fully saturated rings. The molecule has 36 heavy (non-hydrogen) atoms. The number of ether oxygens (including phenoxy) is 1. The number of rotatable bonds is 9. The summed E-state index contributed by atoms with van der Waals surface area (Å²) < 4.78 is 7.51. The maximum Gasteiger partial charge on any atom is 0.273 e. The van der Waals surface area contributed by atoms with E-state index in [2.05, 4.69) is 12.2 Å². The number of carbonyl (C=O) groups excluding carboxylic acids is 2. The molecule has 1 unspecified atom stereocenters. The standard InChI is InChI=1S/C29H42N4O3/c1-4-6-19-36-24-16-14-22(15-17-24)25-20-26-27(34)32(18-5-2)29(3,21-33(26)31-25)28(35)30-23-12-10-8-7-9-11-13-23/h14-17,20,23H,4-13,18-19,21H2,1-3H3,(H,30,35). The lowest BCUT2D eigenvalue weighted by molar-refractivity contribution is -0.134. The van der Waals surface area contributed by atoms with E-state index >= 15 is 0 Å². The summed E-state index contributed by atoms with van der Waals surface area (Å²) in [4.78, 5) is 29.1. The van der Waals surface area contributed by atoms with Crippen LogP contribution in [0.2, 0.25) is 0 Å². The average molecular weight is 495 g/mol. The second kappa shape index (κ2) is 11.9. The molecule has 1 aliphatic heterocycles. The van der Waals surface area contributed by atoms with Crippen LogP contribution in [0.1, 0.15) is 95.5 Å². The van der Waals surface area contributed by atoms with E-state index < -0.39 is 5.54 Å². The Hall–Kier alpha value is -2.83. The van der Waals surface area contributed by atoms with Crippen molar-refractivity contribution in [2.45, 2.75) is 103 Å². The number of nitrogens with one attached hydrogen (secondary N) is 1. The first-order valence-corrected chi connectivity index (χ1v) is 13.9. The zero-order chi connectivity index (χ0) is 25.5. The van der Waals surface area contributed by atoms with Gasteiger partial charge in [-0.25, -0.2) is 0 Å². The molecule has 2 amide bonds. The molecule has 1 atom stereocenters. The summed E-state index contributed by atoms with van der Waals surface area (Å²) in [5.74, 6) is 0.641. The first-order valence-electron chi connectivity index (χ1n) is 13.9. The third kappa shape index (κ3) is 5.76. The van der Waals surface area contributed by atoms with E-state index in [0.717, 1.165) is 62.0 Å². The Morgan fingerprint density at radius 1 is 1.08 bits per heavy atom. The molecule has 196 valence electrons. The molecule has 1 aromatic heterocycles. The minimum Gasteiger partial charge on any atom is -0.494 e. The van der Waals surface area contributed by atoms with Gasteiger partial charge in [0.2, 0.25) is 5.91 Å². The number of hydrogen-bond donors (Lipinski definition) is 1. The Morgan fingerprint density at radius 3 is 2.44 bits per heavy atom. The van der Waals surface area contributed by atoms with E-state index in [1.807, 2.05) is 44.2 Å². The highest BCUT2D eigenvalue weighted by Crippen LogP contribution is 2.31. The van der Waals surface area contributed by atoms with Gasteiger partial charge in [0.25, 0.3) is 5.91 Å². The fourth-order valence-corrected chi connectivity index (χ4v) is 5.35. The molecule has 7 heteroatoms. The number of aromatic nitrogens is 2. The molecule has 0 saturated heterocycles. The number of unbranched alkanes of at least 4 members (excludes halogenated alkanes) is 1. The van der Waals surface area contributed by atoms with E-state index in [4.69, 9.17) is 9.84 Å². The Balaban J connectivity index is 1.54. The summed E-state index contributed by atoms with van der Waals surface area (Å²) in [7, 11) is 0. The van der Waals surface area contributed by atoms with Gasteiger partial charge in [-0.15, -0.1) is 0 Å². The molecule has 2 aliphatic rings. The molecular formula is C29H42N4O3. The van der Waals surface area contributed by atoms with E-state index in [9.17, 15) is 9.59 Å². The molecular weight excluding hydrogens is 452 g/mol. The van der Waals surface area contributed by atoms with Crippen LogP contribution in [0, 0.1) is 0 Å². The highest BCUT2D eigenvalue weighted by atomic mass is 16.5. The molecule has 0 radical (unpaired) electrons. The molecule has 1 aliphatic carbocycles. The van der Waals surface area contributed by atoms with E-state index in [0.29, 0.717) is 25.4 Å². The van der Waals surface area contributed by atoms with Gasteiger partial charge in [0.1, 0.15) is 17.0 Å². The van der Waals surface area contributed by atoms with Gasteiger partial charge in [-0.3, -0.25) is 14.3 Å². The van der Waals surface area contributed by atoms with Crippen molar-refractivity contribution in [3.8, 4) is 17.0 Å². The third-order valence-electron chi connectivity index (χ3n) is 7.59. The summed E-state index contributed by atoms with van der Waals surface area (Å²) in [5.41, 5.74) is 1.23. The molecule has 1 N–H and O–H groups in total. The first kappa shape index (κ1) is 26.2. The fraction of sp³-hybridized carbons (Fsp3) is 0.621. The number of carbonyl (C=O) groups is 2. The minimum atomic E-state index is -0.970. The van der Waals surface area contributed by atoms with Crippen molar-refractivity contribution in [3.05, 3.63) is 36.0 Å². The SMILES string of the molecule is CCCCOc1ccc(-c2cc3n(n2)CC(C)(C(=O)NC2CCCCCCC2)N(CCC)C3=O)cc1. The number of hydrogen-bond acceptors (Lipinski definition) is 4. The van der Waals surface area contributed by atoms with Crippen molar-refractivity contribution in [2.75, 3.05) is 13.2 Å². The zero-order valence-corrected chi connectivity index (χ0v) is 22.2. The van der Waals surface area contributed by atoms with Crippen LogP contribution in [-0.2, 0) is 11.3 Å². The van der Waals surface area contributed by atoms with Crippen LogP contribution >= 0.6 is 0 Å². The molecule has 0 bridgehead atoms. The van der Waals surface area contributed by atoms with Crippen molar-refractivity contribution in [3.63, 3.8) is 0 Å². The van der Waals surface area contributed by atoms with Crippen molar-refractivity contribution >= 4 is 11.8 Å². The lowest BCUT2D eigenvalue weighted by atomic mass is 9.92. The highest BCUT2D eigenvalue weighted by molar-refractivity contribution is 6.00. The van der Waals surface area contributed by atoms with Crippen LogP contribution in [0.3, 0.4) is 0 Å². The Labute approximate surface area is 215 Å². The zero-order valence-electron chi connectivity index (χ0n) is 22.2. The van der Waals surface area contributed by atoms with E-state index in [1.165, 1.54) is 19.3 Å². The second-order valence-corrected chi connectivity index (χ2v) is 10.5. The Kier molecular flexibility index (Phi) is 8.70. The van der Waals surface area contributed by atoms with Gasteiger partial charge in [0.05, 0.1) is 18.8 Å². The van der Waals surface area contributed by atoms with Gasteiger partial charge in [-0.2, -0.15) is 5.10 Å². The maximum atomic E-state index is 13.7. The van der Waals surface area contributed by atoms with Crippen LogP contribution in [0.4, 0.5) is 0 Å². The van der Waals surface area contributed by atoms with Crippen LogP contribution < -0.4 is 10.1 Å². The second-order valence-electron chi connectivity index (χ2n) is 10.5. The molecule has 4 rings (SSSR count). The predicted molar refractivity (Wildman–Crippen MR) is 142 cm³/mol. The lowest BCUT2D eigenvalue weighted by Crippen LogP contribution is -2.65. The van der Waals surface area contributed by atoms with Crippen molar-refractivity contribution in [1.82, 2.24) is 20.0 Å². The lowest BCUT2D eigenvalue weighted by Gasteiger charge is -2.43. The summed E-state index contributed by atoms with van der Waals surface area (Å²) in [6, 6.07) is 9.88. The molecule has 7 nitrogen and oxygen atoms in total. The molecule has 1 saturated carbocycles. The van der Waals surface area contributed by atoms with Gasteiger partial charge in [0.15, 0.2) is 0 Å². The summed E-state index contributed by atoms with van der Waals surface area (Å²) >= 11 is 0. The highest BCUT2D eigenvalue weighted by Gasteiger charge is 2.48. The van der Waals surface area contributed by atoms with E-state index in [-0.39, 0.29) is 17.9 Å². The quantitative estimate of drug-likeness (QED) is 0.462. The predicted octanol–water partition coefficient (Wildman–Crippen LogP) is 5.58. The van der Waals surface area contributed by atoms with Gasteiger partial charge < -0.3 is 15.0 Å². The smallest absolute Gasteiger partial charge is 0.273 e. The number of amides is 2. The van der Waals surface area contributed by atoms with Gasteiger partial charge in [-0.1, -0.05) is 52.4 Å². The normalized spacial score (nSPS) is 21.0. The topological polar surface area (TPSA) is 76.5 Å². The number of benzene rings is 1. The van der Waals surface area contributed by atoms with Crippen LogP contribution in [0.25, 0.3) is 11.3 Å². The van der Waals surface area contributed by atoms with E-state index in [1.54, 1.807) is 9.58 Å². The van der Waals surface area contributed by atoms with Gasteiger partial charge >= 0.3 is 0 Å². The molecule has 0 spiro atoms. The van der Waals surface area contributed by atoms with Crippen LogP contribution in [-0.4, -0.2) is 51.2 Å². The molecule has 1 aromatic carbocycles. The van der Waals surface area contributed by atoms with Crippen LogP contribution in [0.15, 0.2) is 30.3 Å². The van der Waals surface area contributed by atoms with Gasteiger partial charge in [0, 0.05) is 18.2 Å². The summed E-state index contributed by atoms with van der Waals surface area (Å²) in [6.45, 7) is 7.68. The fourth-order valence-electron chi connectivity index (χ4n) is 5.35. The van der Waals surface area contributed by atoms with Crippen LogP contribution in [0.5, 0.6) is 5.75 Å².